The molecular weight excluding hydrogens is 416 g/mol. The summed E-state index contributed by atoms with van der Waals surface area (Å²) in [6, 6.07) is 4.26. The zero-order valence-electron chi connectivity index (χ0n) is 15.6. The minimum atomic E-state index is -0.895. The molecule has 2 amide bonds. The zero-order valence-corrected chi connectivity index (χ0v) is 17.2. The Morgan fingerprint density at radius 3 is 2.81 bits per heavy atom. The standard InChI is InChI=1S/C19H25BrN2O5/c1-3-5-10-27-17(23)12-15-18(24)21-8-9-22(15)19(25)14-11-13(20)6-7-16(14)26-4-2/h6-7,11,15H,3-5,8-10,12H2,1-2H3,(H,21,24)/t15-/m1/s1. The first-order valence-electron chi connectivity index (χ1n) is 9.14. The second kappa shape index (κ2) is 10.3. The van der Waals surface area contributed by atoms with Gasteiger partial charge in [0.1, 0.15) is 11.8 Å². The number of benzene rings is 1. The number of carbonyl (C=O) groups excluding carboxylic acids is 3. The van der Waals surface area contributed by atoms with Crippen LogP contribution in [0.4, 0.5) is 0 Å². The molecule has 7 nitrogen and oxygen atoms in total. The molecule has 1 heterocycles. The predicted molar refractivity (Wildman–Crippen MR) is 104 cm³/mol. The van der Waals surface area contributed by atoms with Gasteiger partial charge in [-0.1, -0.05) is 29.3 Å². The Morgan fingerprint density at radius 1 is 1.33 bits per heavy atom. The maximum atomic E-state index is 13.1. The molecule has 1 fully saturated rings. The average molecular weight is 441 g/mol. The Hall–Kier alpha value is -2.09. The fourth-order valence-electron chi connectivity index (χ4n) is 2.81. The van der Waals surface area contributed by atoms with Crippen LogP contribution in [0, 0.1) is 0 Å². The number of rotatable bonds is 8. The van der Waals surface area contributed by atoms with Crippen LogP contribution in [0.15, 0.2) is 22.7 Å². The number of esters is 1. The maximum absolute atomic E-state index is 13.1. The van der Waals surface area contributed by atoms with E-state index in [0.717, 1.165) is 17.3 Å². The highest BCUT2D eigenvalue weighted by Gasteiger charge is 2.36. The van der Waals surface area contributed by atoms with Gasteiger partial charge in [0.2, 0.25) is 5.91 Å². The summed E-state index contributed by atoms with van der Waals surface area (Å²) in [6.45, 7) is 5.21. The fraction of sp³-hybridized carbons (Fsp3) is 0.526. The molecule has 2 rings (SSSR count). The highest BCUT2D eigenvalue weighted by Crippen LogP contribution is 2.26. The number of hydrogen-bond donors (Lipinski definition) is 1. The lowest BCUT2D eigenvalue weighted by Gasteiger charge is -2.35. The van der Waals surface area contributed by atoms with Crippen LogP contribution in [0.5, 0.6) is 5.75 Å². The van der Waals surface area contributed by atoms with Crippen molar-refractivity contribution < 1.29 is 23.9 Å². The van der Waals surface area contributed by atoms with Gasteiger partial charge >= 0.3 is 5.97 Å². The number of nitrogens with zero attached hydrogens (tertiary/aromatic N) is 1. The molecule has 1 aromatic rings. The smallest absolute Gasteiger partial charge is 0.308 e. The summed E-state index contributed by atoms with van der Waals surface area (Å²) in [5.41, 5.74) is 0.352. The predicted octanol–water partition coefficient (Wildman–Crippen LogP) is 2.52. The summed E-state index contributed by atoms with van der Waals surface area (Å²) in [7, 11) is 0. The Balaban J connectivity index is 2.20. The van der Waals surface area contributed by atoms with E-state index in [0.29, 0.717) is 37.6 Å². The maximum Gasteiger partial charge on any atom is 0.308 e. The number of nitrogens with one attached hydrogen (secondary N) is 1. The lowest BCUT2D eigenvalue weighted by Crippen LogP contribution is -2.57. The number of amides is 2. The molecule has 0 unspecified atom stereocenters. The van der Waals surface area contributed by atoms with Crippen molar-refractivity contribution in [3.63, 3.8) is 0 Å². The lowest BCUT2D eigenvalue weighted by molar-refractivity contribution is -0.147. The van der Waals surface area contributed by atoms with Crippen molar-refractivity contribution in [3.05, 3.63) is 28.2 Å². The van der Waals surface area contributed by atoms with Gasteiger partial charge in [-0.15, -0.1) is 0 Å². The number of halogens is 1. The molecule has 0 spiro atoms. The van der Waals surface area contributed by atoms with Gasteiger partial charge in [0.15, 0.2) is 0 Å². The molecular formula is C19H25BrN2O5. The van der Waals surface area contributed by atoms with Crippen LogP contribution in [-0.2, 0) is 14.3 Å². The Labute approximate surface area is 167 Å². The number of unbranched alkanes of at least 4 members (excludes halogenated alkanes) is 1. The molecule has 0 bridgehead atoms. The summed E-state index contributed by atoms with van der Waals surface area (Å²) < 4.78 is 11.4. The van der Waals surface area contributed by atoms with Gasteiger partial charge in [-0.25, -0.2) is 0 Å². The Bertz CT molecular complexity index is 695. The minimum Gasteiger partial charge on any atom is -0.493 e. The monoisotopic (exact) mass is 440 g/mol. The van der Waals surface area contributed by atoms with E-state index < -0.39 is 12.0 Å². The van der Waals surface area contributed by atoms with Gasteiger partial charge in [-0.2, -0.15) is 0 Å². The molecule has 1 saturated heterocycles. The van der Waals surface area contributed by atoms with E-state index in [1.54, 1.807) is 18.2 Å². The van der Waals surface area contributed by atoms with Gasteiger partial charge < -0.3 is 19.7 Å². The molecule has 1 N–H and O–H groups in total. The summed E-state index contributed by atoms with van der Waals surface area (Å²) in [5.74, 6) is -0.737. The third kappa shape index (κ3) is 5.69. The van der Waals surface area contributed by atoms with Crippen LogP contribution < -0.4 is 10.1 Å². The molecule has 1 aliphatic rings. The van der Waals surface area contributed by atoms with Crippen molar-refractivity contribution in [2.75, 3.05) is 26.3 Å². The van der Waals surface area contributed by atoms with E-state index in [2.05, 4.69) is 21.2 Å². The summed E-state index contributed by atoms with van der Waals surface area (Å²) in [6.07, 6.45) is 1.51. The molecule has 0 saturated carbocycles. The summed E-state index contributed by atoms with van der Waals surface area (Å²) in [5, 5.41) is 2.71. The first-order chi connectivity index (χ1) is 13.0. The number of ether oxygens (including phenoxy) is 2. The fourth-order valence-corrected chi connectivity index (χ4v) is 3.17. The normalized spacial score (nSPS) is 16.6. The molecule has 0 aliphatic carbocycles. The van der Waals surface area contributed by atoms with Gasteiger partial charge in [-0.05, 0) is 31.5 Å². The number of hydrogen-bond acceptors (Lipinski definition) is 5. The number of piperazine rings is 1. The Morgan fingerprint density at radius 2 is 2.11 bits per heavy atom. The molecule has 1 atom stereocenters. The third-order valence-corrected chi connectivity index (χ3v) is 4.68. The minimum absolute atomic E-state index is 0.167. The van der Waals surface area contributed by atoms with Crippen LogP contribution in [0.3, 0.4) is 0 Å². The van der Waals surface area contributed by atoms with E-state index in [4.69, 9.17) is 9.47 Å². The van der Waals surface area contributed by atoms with Crippen molar-refractivity contribution in [1.29, 1.82) is 0 Å². The second-order valence-corrected chi connectivity index (χ2v) is 7.07. The highest BCUT2D eigenvalue weighted by atomic mass is 79.9. The van der Waals surface area contributed by atoms with Gasteiger partial charge in [0.05, 0.1) is 25.2 Å². The molecule has 0 radical (unpaired) electrons. The summed E-state index contributed by atoms with van der Waals surface area (Å²) >= 11 is 3.36. The largest absolute Gasteiger partial charge is 0.493 e. The van der Waals surface area contributed by atoms with Gasteiger partial charge in [0, 0.05) is 17.6 Å². The van der Waals surface area contributed by atoms with Gasteiger partial charge in [0.25, 0.3) is 5.91 Å². The molecule has 148 valence electrons. The number of carbonyl (C=O) groups is 3. The highest BCUT2D eigenvalue weighted by molar-refractivity contribution is 9.10. The first-order valence-corrected chi connectivity index (χ1v) is 9.93. The van der Waals surface area contributed by atoms with Crippen molar-refractivity contribution in [2.45, 2.75) is 39.2 Å². The molecule has 8 heteroatoms. The van der Waals surface area contributed by atoms with E-state index in [1.807, 2.05) is 13.8 Å². The van der Waals surface area contributed by atoms with Crippen molar-refractivity contribution in [1.82, 2.24) is 10.2 Å². The van der Waals surface area contributed by atoms with Crippen molar-refractivity contribution >= 4 is 33.7 Å². The van der Waals surface area contributed by atoms with Crippen LogP contribution in [0.2, 0.25) is 0 Å². The van der Waals surface area contributed by atoms with E-state index >= 15 is 0 Å². The van der Waals surface area contributed by atoms with Gasteiger partial charge in [-0.3, -0.25) is 14.4 Å². The topological polar surface area (TPSA) is 84.9 Å². The third-order valence-electron chi connectivity index (χ3n) is 4.18. The first kappa shape index (κ1) is 21.2. The zero-order chi connectivity index (χ0) is 19.8. The van der Waals surface area contributed by atoms with Crippen LogP contribution in [0.1, 0.15) is 43.5 Å². The molecule has 0 aromatic heterocycles. The lowest BCUT2D eigenvalue weighted by atomic mass is 10.1. The van der Waals surface area contributed by atoms with Crippen LogP contribution in [-0.4, -0.2) is 55.0 Å². The summed E-state index contributed by atoms with van der Waals surface area (Å²) in [4.78, 5) is 39.0. The second-order valence-electron chi connectivity index (χ2n) is 6.16. The van der Waals surface area contributed by atoms with E-state index in [9.17, 15) is 14.4 Å². The van der Waals surface area contributed by atoms with Crippen molar-refractivity contribution in [2.24, 2.45) is 0 Å². The van der Waals surface area contributed by atoms with E-state index in [1.165, 1.54) is 4.90 Å². The Kier molecular flexibility index (Phi) is 8.09. The van der Waals surface area contributed by atoms with Crippen molar-refractivity contribution in [3.8, 4) is 5.75 Å². The molecule has 1 aliphatic heterocycles. The van der Waals surface area contributed by atoms with E-state index in [-0.39, 0.29) is 18.2 Å². The molecule has 1 aromatic carbocycles. The SMILES string of the molecule is CCCCOC(=O)C[C@@H]1C(=O)NCCN1C(=O)c1cc(Br)ccc1OCC. The average Bonchev–Trinajstić information content (AvgIpc) is 2.64. The quantitative estimate of drug-likeness (QED) is 0.495. The molecule has 27 heavy (non-hydrogen) atoms. The van der Waals surface area contributed by atoms with Crippen LogP contribution >= 0.6 is 15.9 Å². The van der Waals surface area contributed by atoms with Crippen LogP contribution in [0.25, 0.3) is 0 Å².